The molecule has 3 heteroatoms. The summed E-state index contributed by atoms with van der Waals surface area (Å²) in [5, 5.41) is 12.4. The van der Waals surface area contributed by atoms with E-state index in [0.717, 1.165) is 18.9 Å². The van der Waals surface area contributed by atoms with Gasteiger partial charge in [0.15, 0.2) is 0 Å². The predicted molar refractivity (Wildman–Crippen MR) is 58.7 cm³/mol. The van der Waals surface area contributed by atoms with Gasteiger partial charge in [0.1, 0.15) is 0 Å². The Morgan fingerprint density at radius 2 is 1.93 bits per heavy atom. The van der Waals surface area contributed by atoms with Crippen molar-refractivity contribution in [2.24, 2.45) is 11.8 Å². The SMILES string of the molecule is O=C(O)C[C@@H]1CCN[C@H]1C1CCCCC1. The molecule has 0 aromatic carbocycles. The van der Waals surface area contributed by atoms with Gasteiger partial charge >= 0.3 is 5.97 Å². The van der Waals surface area contributed by atoms with Gasteiger partial charge in [0.05, 0.1) is 0 Å². The smallest absolute Gasteiger partial charge is 0.303 e. The van der Waals surface area contributed by atoms with Gasteiger partial charge in [0.2, 0.25) is 0 Å². The minimum Gasteiger partial charge on any atom is -0.481 e. The van der Waals surface area contributed by atoms with Crippen molar-refractivity contribution in [1.29, 1.82) is 0 Å². The fraction of sp³-hybridized carbons (Fsp3) is 0.917. The second kappa shape index (κ2) is 4.97. The highest BCUT2D eigenvalue weighted by Gasteiger charge is 2.34. The van der Waals surface area contributed by atoms with Crippen molar-refractivity contribution in [1.82, 2.24) is 5.32 Å². The lowest BCUT2D eigenvalue weighted by Gasteiger charge is -2.31. The molecule has 0 amide bonds. The number of hydrogen-bond donors (Lipinski definition) is 2. The van der Waals surface area contributed by atoms with Gasteiger partial charge in [-0.25, -0.2) is 0 Å². The molecule has 0 bridgehead atoms. The van der Waals surface area contributed by atoms with Gasteiger partial charge < -0.3 is 10.4 Å². The fourth-order valence-electron chi connectivity index (χ4n) is 3.28. The van der Waals surface area contributed by atoms with Gasteiger partial charge in [-0.3, -0.25) is 4.79 Å². The molecule has 15 heavy (non-hydrogen) atoms. The van der Waals surface area contributed by atoms with Crippen LogP contribution < -0.4 is 5.32 Å². The van der Waals surface area contributed by atoms with E-state index < -0.39 is 5.97 Å². The first-order valence-electron chi connectivity index (χ1n) is 6.22. The predicted octanol–water partition coefficient (Wildman–Crippen LogP) is 2.02. The van der Waals surface area contributed by atoms with E-state index in [4.69, 9.17) is 5.11 Å². The maximum atomic E-state index is 10.8. The molecular formula is C12H21NO2. The van der Waals surface area contributed by atoms with Crippen LogP contribution in [0.2, 0.25) is 0 Å². The van der Waals surface area contributed by atoms with Crippen molar-refractivity contribution >= 4 is 5.97 Å². The van der Waals surface area contributed by atoms with Crippen molar-refractivity contribution < 1.29 is 9.90 Å². The highest BCUT2D eigenvalue weighted by molar-refractivity contribution is 5.67. The summed E-state index contributed by atoms with van der Waals surface area (Å²) in [5.41, 5.74) is 0. The molecule has 2 N–H and O–H groups in total. The molecule has 0 unspecified atom stereocenters. The number of aliphatic carboxylic acids is 1. The molecule has 1 aliphatic carbocycles. The average Bonchev–Trinajstić information content (AvgIpc) is 2.66. The molecule has 0 spiro atoms. The second-order valence-electron chi connectivity index (χ2n) is 5.02. The fourth-order valence-corrected chi connectivity index (χ4v) is 3.28. The number of carboxylic acid groups (broad SMARTS) is 1. The normalized spacial score (nSPS) is 33.1. The Kier molecular flexibility index (Phi) is 3.62. The molecular weight excluding hydrogens is 190 g/mol. The van der Waals surface area contributed by atoms with E-state index in [1.165, 1.54) is 32.1 Å². The molecule has 0 radical (unpaired) electrons. The van der Waals surface area contributed by atoms with Gasteiger partial charge in [-0.2, -0.15) is 0 Å². The molecule has 1 heterocycles. The summed E-state index contributed by atoms with van der Waals surface area (Å²) in [6.07, 6.45) is 8.04. The van der Waals surface area contributed by atoms with Crippen LogP contribution in [0.25, 0.3) is 0 Å². The number of carbonyl (C=O) groups is 1. The molecule has 2 fully saturated rings. The van der Waals surface area contributed by atoms with Crippen LogP contribution in [0.5, 0.6) is 0 Å². The van der Waals surface area contributed by atoms with Gasteiger partial charge in [-0.05, 0) is 37.6 Å². The third-order valence-corrected chi connectivity index (χ3v) is 4.00. The molecule has 0 aromatic heterocycles. The van der Waals surface area contributed by atoms with E-state index >= 15 is 0 Å². The summed E-state index contributed by atoms with van der Waals surface area (Å²) in [4.78, 5) is 10.8. The van der Waals surface area contributed by atoms with Crippen molar-refractivity contribution in [3.8, 4) is 0 Å². The zero-order chi connectivity index (χ0) is 10.7. The highest BCUT2D eigenvalue weighted by Crippen LogP contribution is 2.34. The van der Waals surface area contributed by atoms with Crippen LogP contribution in [0, 0.1) is 11.8 Å². The summed E-state index contributed by atoms with van der Waals surface area (Å²) in [5.74, 6) is 0.487. The summed E-state index contributed by atoms with van der Waals surface area (Å²) >= 11 is 0. The van der Waals surface area contributed by atoms with Gasteiger partial charge in [-0.15, -0.1) is 0 Å². The highest BCUT2D eigenvalue weighted by atomic mass is 16.4. The van der Waals surface area contributed by atoms with Crippen LogP contribution in [-0.4, -0.2) is 23.7 Å². The Morgan fingerprint density at radius 1 is 1.20 bits per heavy atom. The standard InChI is InChI=1S/C12H21NO2/c14-11(15)8-10-6-7-13-12(10)9-4-2-1-3-5-9/h9-10,12-13H,1-8H2,(H,14,15)/t10-,12-/m0/s1. The summed E-state index contributed by atoms with van der Waals surface area (Å²) in [6, 6.07) is 0.487. The summed E-state index contributed by atoms with van der Waals surface area (Å²) in [6.45, 7) is 1.01. The Hall–Kier alpha value is -0.570. The molecule has 86 valence electrons. The number of carboxylic acids is 1. The molecule has 1 saturated heterocycles. The van der Waals surface area contributed by atoms with Crippen LogP contribution in [0.1, 0.15) is 44.9 Å². The monoisotopic (exact) mass is 211 g/mol. The first-order valence-corrected chi connectivity index (χ1v) is 6.22. The van der Waals surface area contributed by atoms with E-state index in [9.17, 15) is 4.79 Å². The van der Waals surface area contributed by atoms with Crippen LogP contribution in [-0.2, 0) is 4.79 Å². The van der Waals surface area contributed by atoms with Crippen LogP contribution in [0.15, 0.2) is 0 Å². The molecule has 3 nitrogen and oxygen atoms in total. The Morgan fingerprint density at radius 3 is 2.60 bits per heavy atom. The maximum absolute atomic E-state index is 10.8. The van der Waals surface area contributed by atoms with Gasteiger partial charge in [0.25, 0.3) is 0 Å². The molecule has 2 atom stereocenters. The minimum atomic E-state index is -0.635. The van der Waals surface area contributed by atoms with Gasteiger partial charge in [-0.1, -0.05) is 19.3 Å². The molecule has 1 aliphatic heterocycles. The largest absolute Gasteiger partial charge is 0.481 e. The summed E-state index contributed by atoms with van der Waals surface area (Å²) in [7, 11) is 0. The molecule has 2 aliphatic rings. The van der Waals surface area contributed by atoms with E-state index in [0.29, 0.717) is 18.4 Å². The lowest BCUT2D eigenvalue weighted by atomic mass is 9.78. The molecule has 1 saturated carbocycles. The number of nitrogens with one attached hydrogen (secondary N) is 1. The van der Waals surface area contributed by atoms with Crippen molar-refractivity contribution in [3.63, 3.8) is 0 Å². The third kappa shape index (κ3) is 2.71. The van der Waals surface area contributed by atoms with E-state index in [-0.39, 0.29) is 0 Å². The molecule has 2 rings (SSSR count). The lowest BCUT2D eigenvalue weighted by molar-refractivity contribution is -0.138. The van der Waals surface area contributed by atoms with E-state index in [1.807, 2.05) is 0 Å². The first-order chi connectivity index (χ1) is 7.27. The zero-order valence-corrected chi connectivity index (χ0v) is 9.24. The number of rotatable bonds is 3. The minimum absolute atomic E-state index is 0.355. The molecule has 0 aromatic rings. The Bertz CT molecular complexity index is 224. The topological polar surface area (TPSA) is 49.3 Å². The van der Waals surface area contributed by atoms with Crippen molar-refractivity contribution in [3.05, 3.63) is 0 Å². The Balaban J connectivity index is 1.91. The van der Waals surface area contributed by atoms with Crippen molar-refractivity contribution in [2.45, 2.75) is 51.0 Å². The first kappa shape index (κ1) is 10.9. The Labute approximate surface area is 91.2 Å². The quantitative estimate of drug-likeness (QED) is 0.751. The zero-order valence-electron chi connectivity index (χ0n) is 9.24. The van der Waals surface area contributed by atoms with Crippen LogP contribution in [0.4, 0.5) is 0 Å². The maximum Gasteiger partial charge on any atom is 0.303 e. The van der Waals surface area contributed by atoms with E-state index in [2.05, 4.69) is 5.32 Å². The van der Waals surface area contributed by atoms with Gasteiger partial charge in [0, 0.05) is 12.5 Å². The van der Waals surface area contributed by atoms with Crippen LogP contribution in [0.3, 0.4) is 0 Å². The van der Waals surface area contributed by atoms with E-state index in [1.54, 1.807) is 0 Å². The van der Waals surface area contributed by atoms with Crippen LogP contribution >= 0.6 is 0 Å². The average molecular weight is 211 g/mol. The lowest BCUT2D eigenvalue weighted by Crippen LogP contribution is -2.37. The summed E-state index contributed by atoms with van der Waals surface area (Å²) < 4.78 is 0. The van der Waals surface area contributed by atoms with Crippen molar-refractivity contribution in [2.75, 3.05) is 6.54 Å². The number of hydrogen-bond acceptors (Lipinski definition) is 2. The second-order valence-corrected chi connectivity index (χ2v) is 5.02. The third-order valence-electron chi connectivity index (χ3n) is 4.00.